The standard InChI is InChI=1S/C17H19F2NOS/c1-12(13-7-9-15(10-8-13)22-17(18)19)20-16(11-21)14-5-3-2-4-6-14/h2-10,12,16-17,20-21H,11H2,1H3. The SMILES string of the molecule is CC(NC(CO)c1ccccc1)c1ccc(SC(F)F)cc1. The maximum atomic E-state index is 12.3. The minimum atomic E-state index is -2.40. The molecule has 2 aromatic carbocycles. The summed E-state index contributed by atoms with van der Waals surface area (Å²) in [5, 5.41) is 12.9. The fourth-order valence-corrected chi connectivity index (χ4v) is 2.77. The minimum Gasteiger partial charge on any atom is -0.394 e. The van der Waals surface area contributed by atoms with Crippen LogP contribution < -0.4 is 5.32 Å². The number of hydrogen-bond donors (Lipinski definition) is 2. The van der Waals surface area contributed by atoms with Crippen LogP contribution in [0.1, 0.15) is 30.1 Å². The van der Waals surface area contributed by atoms with E-state index in [1.165, 1.54) is 0 Å². The van der Waals surface area contributed by atoms with Gasteiger partial charge < -0.3 is 10.4 Å². The highest BCUT2D eigenvalue weighted by Crippen LogP contribution is 2.27. The topological polar surface area (TPSA) is 32.3 Å². The average Bonchev–Trinajstić information content (AvgIpc) is 2.53. The van der Waals surface area contributed by atoms with Crippen LogP contribution in [0.5, 0.6) is 0 Å². The fraction of sp³-hybridized carbons (Fsp3) is 0.294. The van der Waals surface area contributed by atoms with Gasteiger partial charge in [-0.2, -0.15) is 8.78 Å². The lowest BCUT2D eigenvalue weighted by molar-refractivity contribution is 0.235. The summed E-state index contributed by atoms with van der Waals surface area (Å²) in [6.07, 6.45) is 0. The van der Waals surface area contributed by atoms with Crippen molar-refractivity contribution in [3.63, 3.8) is 0 Å². The molecule has 0 amide bonds. The van der Waals surface area contributed by atoms with Gasteiger partial charge >= 0.3 is 0 Å². The third kappa shape index (κ3) is 4.80. The summed E-state index contributed by atoms with van der Waals surface area (Å²) in [5.74, 6) is -2.40. The summed E-state index contributed by atoms with van der Waals surface area (Å²) < 4.78 is 24.6. The number of thioether (sulfide) groups is 1. The second kappa shape index (κ2) is 8.27. The van der Waals surface area contributed by atoms with Gasteiger partial charge in [-0.05, 0) is 30.2 Å². The largest absolute Gasteiger partial charge is 0.394 e. The lowest BCUT2D eigenvalue weighted by Gasteiger charge is -2.22. The van der Waals surface area contributed by atoms with Crippen molar-refractivity contribution >= 4 is 11.8 Å². The van der Waals surface area contributed by atoms with Crippen molar-refractivity contribution < 1.29 is 13.9 Å². The molecule has 0 radical (unpaired) electrons. The molecule has 0 aliphatic heterocycles. The van der Waals surface area contributed by atoms with E-state index in [-0.39, 0.29) is 18.7 Å². The Morgan fingerprint density at radius 3 is 2.18 bits per heavy atom. The summed E-state index contributed by atoms with van der Waals surface area (Å²) in [4.78, 5) is 0.549. The van der Waals surface area contributed by atoms with E-state index in [0.29, 0.717) is 16.7 Å². The fourth-order valence-electron chi connectivity index (χ4n) is 2.28. The van der Waals surface area contributed by atoms with Crippen LogP contribution >= 0.6 is 11.8 Å². The van der Waals surface area contributed by atoms with E-state index in [1.807, 2.05) is 49.4 Å². The number of benzene rings is 2. The zero-order chi connectivity index (χ0) is 15.9. The molecule has 2 atom stereocenters. The first kappa shape index (κ1) is 16.9. The molecule has 2 unspecified atom stereocenters. The van der Waals surface area contributed by atoms with E-state index in [4.69, 9.17) is 0 Å². The number of hydrogen-bond acceptors (Lipinski definition) is 3. The number of nitrogens with one attached hydrogen (secondary N) is 1. The van der Waals surface area contributed by atoms with Crippen LogP contribution in [0.25, 0.3) is 0 Å². The summed E-state index contributed by atoms with van der Waals surface area (Å²) in [6, 6.07) is 16.6. The van der Waals surface area contributed by atoms with E-state index >= 15 is 0 Å². The second-order valence-electron chi connectivity index (χ2n) is 4.98. The quantitative estimate of drug-likeness (QED) is 0.741. The normalized spacial score (nSPS) is 14.0. The molecule has 0 aromatic heterocycles. The first-order valence-corrected chi connectivity index (χ1v) is 7.94. The molecular formula is C17H19F2NOS. The molecule has 0 aliphatic rings. The van der Waals surface area contributed by atoms with Crippen molar-refractivity contribution in [3.8, 4) is 0 Å². The van der Waals surface area contributed by atoms with E-state index < -0.39 is 5.76 Å². The molecule has 0 fully saturated rings. The molecule has 2 nitrogen and oxygen atoms in total. The number of aliphatic hydroxyl groups excluding tert-OH is 1. The number of halogens is 2. The van der Waals surface area contributed by atoms with Crippen molar-refractivity contribution in [3.05, 3.63) is 65.7 Å². The molecular weight excluding hydrogens is 304 g/mol. The van der Waals surface area contributed by atoms with Crippen molar-refractivity contribution in [2.45, 2.75) is 29.7 Å². The van der Waals surface area contributed by atoms with Crippen molar-refractivity contribution in [1.29, 1.82) is 0 Å². The highest BCUT2D eigenvalue weighted by molar-refractivity contribution is 7.99. The Kier molecular flexibility index (Phi) is 6.36. The minimum absolute atomic E-state index is 0.00274. The van der Waals surface area contributed by atoms with Gasteiger partial charge in [-0.3, -0.25) is 0 Å². The van der Waals surface area contributed by atoms with Crippen LogP contribution in [-0.2, 0) is 0 Å². The second-order valence-corrected chi connectivity index (χ2v) is 6.05. The third-order valence-electron chi connectivity index (χ3n) is 3.44. The van der Waals surface area contributed by atoms with E-state index in [0.717, 1.165) is 11.1 Å². The van der Waals surface area contributed by atoms with Crippen LogP contribution in [0, 0.1) is 0 Å². The Hall–Kier alpha value is -1.43. The predicted octanol–water partition coefficient (Wildman–Crippen LogP) is 4.39. The molecule has 2 N–H and O–H groups in total. The first-order valence-electron chi connectivity index (χ1n) is 7.06. The van der Waals surface area contributed by atoms with Crippen molar-refractivity contribution in [2.75, 3.05) is 6.61 Å². The molecule has 2 rings (SSSR count). The lowest BCUT2D eigenvalue weighted by Crippen LogP contribution is -2.27. The summed E-state index contributed by atoms with van der Waals surface area (Å²) in [5.41, 5.74) is 2.01. The van der Waals surface area contributed by atoms with Crippen LogP contribution in [0.2, 0.25) is 0 Å². The monoisotopic (exact) mass is 323 g/mol. The molecule has 22 heavy (non-hydrogen) atoms. The Morgan fingerprint density at radius 2 is 1.64 bits per heavy atom. The van der Waals surface area contributed by atoms with E-state index in [1.54, 1.807) is 12.1 Å². The maximum absolute atomic E-state index is 12.3. The van der Waals surface area contributed by atoms with Gasteiger partial charge in [-0.25, -0.2) is 0 Å². The van der Waals surface area contributed by atoms with Crippen LogP contribution in [0.3, 0.4) is 0 Å². The van der Waals surface area contributed by atoms with E-state index in [2.05, 4.69) is 5.32 Å². The van der Waals surface area contributed by atoms with Crippen LogP contribution in [-0.4, -0.2) is 17.5 Å². The van der Waals surface area contributed by atoms with Gasteiger partial charge in [0.2, 0.25) is 0 Å². The van der Waals surface area contributed by atoms with Gasteiger partial charge in [0.1, 0.15) is 0 Å². The molecule has 0 spiro atoms. The highest BCUT2D eigenvalue weighted by Gasteiger charge is 2.14. The van der Waals surface area contributed by atoms with Crippen molar-refractivity contribution in [2.24, 2.45) is 0 Å². The highest BCUT2D eigenvalue weighted by atomic mass is 32.2. The van der Waals surface area contributed by atoms with Crippen molar-refractivity contribution in [1.82, 2.24) is 5.32 Å². The average molecular weight is 323 g/mol. The Labute approximate surface area is 133 Å². The first-order chi connectivity index (χ1) is 10.6. The number of aliphatic hydroxyl groups is 1. The molecule has 0 saturated heterocycles. The third-order valence-corrected chi connectivity index (χ3v) is 4.16. The summed E-state index contributed by atoms with van der Waals surface area (Å²) in [7, 11) is 0. The molecule has 0 saturated carbocycles. The smallest absolute Gasteiger partial charge is 0.288 e. The number of alkyl halides is 2. The Morgan fingerprint density at radius 1 is 1.00 bits per heavy atom. The summed E-state index contributed by atoms with van der Waals surface area (Å²) >= 11 is 0.540. The molecule has 0 bridgehead atoms. The molecule has 0 aliphatic carbocycles. The molecule has 5 heteroatoms. The Bertz CT molecular complexity index is 563. The van der Waals surface area contributed by atoms with Crippen LogP contribution in [0.15, 0.2) is 59.5 Å². The van der Waals surface area contributed by atoms with Gasteiger partial charge in [0, 0.05) is 10.9 Å². The number of rotatable bonds is 7. The Balaban J connectivity index is 2.03. The predicted molar refractivity (Wildman–Crippen MR) is 86.1 cm³/mol. The summed E-state index contributed by atoms with van der Waals surface area (Å²) in [6.45, 7) is 1.98. The maximum Gasteiger partial charge on any atom is 0.288 e. The van der Waals surface area contributed by atoms with E-state index in [9.17, 15) is 13.9 Å². The molecule has 0 heterocycles. The molecule has 2 aromatic rings. The van der Waals surface area contributed by atoms with Gasteiger partial charge in [-0.15, -0.1) is 0 Å². The van der Waals surface area contributed by atoms with Crippen LogP contribution in [0.4, 0.5) is 8.78 Å². The van der Waals surface area contributed by atoms with Gasteiger partial charge in [-0.1, -0.05) is 54.2 Å². The van der Waals surface area contributed by atoms with Gasteiger partial charge in [0.25, 0.3) is 5.76 Å². The zero-order valence-electron chi connectivity index (χ0n) is 12.2. The zero-order valence-corrected chi connectivity index (χ0v) is 13.1. The molecule has 118 valence electrons. The van der Waals surface area contributed by atoms with Gasteiger partial charge in [0.15, 0.2) is 0 Å². The van der Waals surface area contributed by atoms with Gasteiger partial charge in [0.05, 0.1) is 12.6 Å². The lowest BCUT2D eigenvalue weighted by atomic mass is 10.0.